The molecule has 1 fully saturated rings. The number of benzene rings is 1. The normalized spacial score (nSPS) is 21.0. The van der Waals surface area contributed by atoms with E-state index in [1.807, 2.05) is 18.5 Å². The van der Waals surface area contributed by atoms with Crippen LogP contribution in [0.5, 0.6) is 0 Å². The van der Waals surface area contributed by atoms with Crippen LogP contribution in [0.15, 0.2) is 42.9 Å². The molecule has 160 valence electrons. The van der Waals surface area contributed by atoms with Crippen LogP contribution < -0.4 is 4.90 Å². The molecule has 1 aliphatic rings. The van der Waals surface area contributed by atoms with E-state index < -0.39 is 6.09 Å². The zero-order chi connectivity index (χ0) is 22.0. The van der Waals surface area contributed by atoms with E-state index in [1.165, 1.54) is 11.1 Å². The smallest absolute Gasteiger partial charge is 0.411 e. The van der Waals surface area contributed by atoms with E-state index in [1.54, 1.807) is 18.2 Å². The summed E-state index contributed by atoms with van der Waals surface area (Å²) < 4.78 is 2.12. The molecule has 0 bridgehead atoms. The highest BCUT2D eigenvalue weighted by molar-refractivity contribution is 6.29. The molecule has 3 aromatic rings. The van der Waals surface area contributed by atoms with Gasteiger partial charge in [0.1, 0.15) is 5.15 Å². The van der Waals surface area contributed by atoms with Gasteiger partial charge in [-0.15, -0.1) is 0 Å². The average molecular weight is 438 g/mol. The topological polar surface area (TPSA) is 95.0 Å². The van der Waals surface area contributed by atoms with Gasteiger partial charge in [-0.25, -0.2) is 14.8 Å². The van der Waals surface area contributed by atoms with Gasteiger partial charge in [0.15, 0.2) is 0 Å². The summed E-state index contributed by atoms with van der Waals surface area (Å²) in [6.45, 7) is 3.47. The first-order chi connectivity index (χ1) is 14.9. The van der Waals surface area contributed by atoms with Gasteiger partial charge in [-0.05, 0) is 60.9 Å². The molecule has 1 aromatic carbocycles. The molecule has 1 saturated carbocycles. The number of carbonyl (C=O) groups is 1. The molecule has 0 spiro atoms. The number of hydrogen-bond donors (Lipinski definition) is 1. The number of hydrogen-bond acceptors (Lipinski definition) is 4. The lowest BCUT2D eigenvalue weighted by molar-refractivity contribution is 0.136. The SMILES string of the molecule is C[C@]1(Cn2cnc3ccc(C#N)cc32)CCCC(CN(C(=O)O)c2ccc(Cl)nc2)C1. The minimum absolute atomic E-state index is 0.0155. The molecular formula is C23H24ClN5O2. The highest BCUT2D eigenvalue weighted by atomic mass is 35.5. The molecule has 7 nitrogen and oxygen atoms in total. The van der Waals surface area contributed by atoms with Crippen molar-refractivity contribution in [1.82, 2.24) is 14.5 Å². The monoisotopic (exact) mass is 437 g/mol. The molecule has 31 heavy (non-hydrogen) atoms. The van der Waals surface area contributed by atoms with Gasteiger partial charge in [0.05, 0.1) is 40.9 Å². The van der Waals surface area contributed by atoms with Crippen molar-refractivity contribution in [3.05, 3.63) is 53.6 Å². The van der Waals surface area contributed by atoms with Crippen molar-refractivity contribution in [3.8, 4) is 6.07 Å². The van der Waals surface area contributed by atoms with E-state index in [0.717, 1.165) is 43.3 Å². The Morgan fingerprint density at radius 1 is 1.39 bits per heavy atom. The molecule has 0 aliphatic heterocycles. The van der Waals surface area contributed by atoms with Crippen molar-refractivity contribution in [1.29, 1.82) is 5.26 Å². The summed E-state index contributed by atoms with van der Waals surface area (Å²) in [7, 11) is 0. The van der Waals surface area contributed by atoms with Crippen LogP contribution in [-0.2, 0) is 6.54 Å². The third kappa shape index (κ3) is 4.64. The molecule has 0 saturated heterocycles. The predicted octanol–water partition coefficient (Wildman–Crippen LogP) is 5.34. The van der Waals surface area contributed by atoms with E-state index in [4.69, 9.17) is 11.6 Å². The van der Waals surface area contributed by atoms with Crippen LogP contribution in [0.2, 0.25) is 5.15 Å². The quantitative estimate of drug-likeness (QED) is 0.543. The summed E-state index contributed by atoms with van der Waals surface area (Å²) in [5.41, 5.74) is 3.01. The van der Waals surface area contributed by atoms with Gasteiger partial charge in [0.2, 0.25) is 0 Å². The summed E-state index contributed by atoms with van der Waals surface area (Å²) in [6, 6.07) is 11.0. The van der Waals surface area contributed by atoms with Crippen LogP contribution in [0, 0.1) is 22.7 Å². The first kappa shape index (κ1) is 21.1. The molecule has 2 aromatic heterocycles. The maximum atomic E-state index is 11.9. The zero-order valence-corrected chi connectivity index (χ0v) is 18.1. The lowest BCUT2D eigenvalue weighted by atomic mass is 9.70. The number of anilines is 1. The largest absolute Gasteiger partial charge is 0.465 e. The fraction of sp³-hybridized carbons (Fsp3) is 0.391. The molecule has 0 radical (unpaired) electrons. The molecule has 1 N–H and O–H groups in total. The first-order valence-corrected chi connectivity index (χ1v) is 10.7. The second kappa shape index (κ2) is 8.56. The molecule has 1 amide bonds. The molecule has 8 heteroatoms. The maximum absolute atomic E-state index is 11.9. The Bertz CT molecular complexity index is 1140. The maximum Gasteiger partial charge on any atom is 0.411 e. The van der Waals surface area contributed by atoms with Crippen LogP contribution in [-0.4, -0.2) is 32.3 Å². The van der Waals surface area contributed by atoms with Crippen molar-refractivity contribution >= 4 is 34.4 Å². The lowest BCUT2D eigenvalue weighted by Gasteiger charge is -2.40. The number of halogens is 1. The Kier molecular flexibility index (Phi) is 5.84. The average Bonchev–Trinajstić information content (AvgIpc) is 3.14. The molecular weight excluding hydrogens is 414 g/mol. The van der Waals surface area contributed by atoms with Gasteiger partial charge in [-0.2, -0.15) is 5.26 Å². The summed E-state index contributed by atoms with van der Waals surface area (Å²) in [6.07, 6.45) is 6.37. The Labute approximate surface area is 185 Å². The highest BCUT2D eigenvalue weighted by Crippen LogP contribution is 2.41. The summed E-state index contributed by atoms with van der Waals surface area (Å²) in [5, 5.41) is 19.3. The third-order valence-electron chi connectivity index (χ3n) is 6.17. The fourth-order valence-corrected chi connectivity index (χ4v) is 4.87. The lowest BCUT2D eigenvalue weighted by Crippen LogP contribution is -2.39. The molecule has 1 aliphatic carbocycles. The third-order valence-corrected chi connectivity index (χ3v) is 6.40. The van der Waals surface area contributed by atoms with Crippen molar-refractivity contribution in [2.45, 2.75) is 39.2 Å². The molecule has 1 unspecified atom stereocenters. The van der Waals surface area contributed by atoms with Crippen molar-refractivity contribution in [2.24, 2.45) is 11.3 Å². The summed E-state index contributed by atoms with van der Waals surface area (Å²) in [4.78, 5) is 21.8. The zero-order valence-electron chi connectivity index (χ0n) is 17.3. The van der Waals surface area contributed by atoms with Gasteiger partial charge < -0.3 is 9.67 Å². The standard InChI is InChI=1S/C23H24ClN5O2/c1-23(14-28-15-27-19-6-4-16(11-25)9-20(19)28)8-2-3-17(10-23)13-29(22(30)31)18-5-7-21(24)26-12-18/h4-7,9,12,15,17H,2-3,8,10,13-14H2,1H3,(H,30,31)/t17?,23-/m0/s1. The Balaban J connectivity index is 1.51. The number of imidazole rings is 1. The van der Waals surface area contributed by atoms with Gasteiger partial charge in [0, 0.05) is 13.1 Å². The Hall–Kier alpha value is -3.11. The van der Waals surface area contributed by atoms with Crippen LogP contribution in [0.1, 0.15) is 38.2 Å². The Morgan fingerprint density at radius 3 is 2.94 bits per heavy atom. The summed E-state index contributed by atoms with van der Waals surface area (Å²) in [5.74, 6) is 0.245. The number of aromatic nitrogens is 3. The van der Waals surface area contributed by atoms with E-state index >= 15 is 0 Å². The number of rotatable bonds is 5. The van der Waals surface area contributed by atoms with Crippen LogP contribution in [0.4, 0.5) is 10.5 Å². The van der Waals surface area contributed by atoms with Gasteiger partial charge >= 0.3 is 6.09 Å². The number of nitrogens with zero attached hydrogens (tertiary/aromatic N) is 5. The van der Waals surface area contributed by atoms with Crippen molar-refractivity contribution < 1.29 is 9.90 Å². The number of nitriles is 1. The Morgan fingerprint density at radius 2 is 2.23 bits per heavy atom. The minimum atomic E-state index is -0.985. The molecule has 2 atom stereocenters. The molecule has 4 rings (SSSR count). The van der Waals surface area contributed by atoms with Crippen LogP contribution in [0.3, 0.4) is 0 Å². The van der Waals surface area contributed by atoms with Gasteiger partial charge in [0.25, 0.3) is 0 Å². The van der Waals surface area contributed by atoms with E-state index in [-0.39, 0.29) is 11.3 Å². The van der Waals surface area contributed by atoms with E-state index in [2.05, 4.69) is 27.5 Å². The van der Waals surface area contributed by atoms with Crippen molar-refractivity contribution in [3.63, 3.8) is 0 Å². The second-order valence-corrected chi connectivity index (χ2v) is 9.08. The fourth-order valence-electron chi connectivity index (χ4n) is 4.76. The van der Waals surface area contributed by atoms with Crippen LogP contribution >= 0.6 is 11.6 Å². The highest BCUT2D eigenvalue weighted by Gasteiger charge is 2.34. The van der Waals surface area contributed by atoms with Crippen LogP contribution in [0.25, 0.3) is 11.0 Å². The van der Waals surface area contributed by atoms with E-state index in [9.17, 15) is 15.2 Å². The first-order valence-electron chi connectivity index (χ1n) is 10.3. The minimum Gasteiger partial charge on any atom is -0.465 e. The summed E-state index contributed by atoms with van der Waals surface area (Å²) >= 11 is 5.85. The van der Waals surface area contributed by atoms with E-state index in [0.29, 0.717) is 22.9 Å². The second-order valence-electron chi connectivity index (χ2n) is 8.69. The van der Waals surface area contributed by atoms with Crippen molar-refractivity contribution in [2.75, 3.05) is 11.4 Å². The van der Waals surface area contributed by atoms with Gasteiger partial charge in [-0.1, -0.05) is 24.9 Å². The number of fused-ring (bicyclic) bond motifs is 1. The number of pyridine rings is 1. The number of carboxylic acid groups (broad SMARTS) is 1. The molecule has 2 heterocycles. The predicted molar refractivity (Wildman–Crippen MR) is 119 cm³/mol. The number of amides is 1. The van der Waals surface area contributed by atoms with Gasteiger partial charge in [-0.3, -0.25) is 4.90 Å².